The van der Waals surface area contributed by atoms with E-state index in [1.165, 1.54) is 0 Å². The molecule has 5 rings (SSSR count). The number of carbonyl (C=O) groups excluding carboxylic acids is 1. The van der Waals surface area contributed by atoms with Gasteiger partial charge < -0.3 is 29.4 Å². The van der Waals surface area contributed by atoms with Crippen molar-refractivity contribution in [3.05, 3.63) is 65.7 Å². The quantitative estimate of drug-likeness (QED) is 0.392. The predicted octanol–water partition coefficient (Wildman–Crippen LogP) is 3.83. The van der Waals surface area contributed by atoms with Gasteiger partial charge in [-0.1, -0.05) is 55.3 Å². The van der Waals surface area contributed by atoms with Crippen LogP contribution in [0.25, 0.3) is 0 Å². The second kappa shape index (κ2) is 13.6. The maximum Gasteiger partial charge on any atom is 0.407 e. The number of rotatable bonds is 12. The number of benzene rings is 2. The summed E-state index contributed by atoms with van der Waals surface area (Å²) in [6.07, 6.45) is 3.56. The number of methoxy groups -OCH3 is 1. The van der Waals surface area contributed by atoms with Gasteiger partial charge in [0, 0.05) is 6.54 Å². The normalized spacial score (nSPS) is 24.4. The lowest BCUT2D eigenvalue weighted by molar-refractivity contribution is -0.214. The van der Waals surface area contributed by atoms with Crippen LogP contribution in [0.5, 0.6) is 5.75 Å². The summed E-state index contributed by atoms with van der Waals surface area (Å²) in [6.45, 7) is 1.66. The Morgan fingerprint density at radius 1 is 1.05 bits per heavy atom. The predicted molar refractivity (Wildman–Crippen MR) is 144 cm³/mol. The molecule has 4 unspecified atom stereocenters. The van der Waals surface area contributed by atoms with Crippen LogP contribution in [0.2, 0.25) is 0 Å². The van der Waals surface area contributed by atoms with E-state index in [2.05, 4.69) is 5.32 Å². The fourth-order valence-electron chi connectivity index (χ4n) is 5.64. The lowest BCUT2D eigenvalue weighted by atomic mass is 10.0. The second-order valence-corrected chi connectivity index (χ2v) is 10.7. The summed E-state index contributed by atoms with van der Waals surface area (Å²) in [5.74, 6) is 0.837. The minimum atomic E-state index is -0.903. The molecule has 2 aliphatic heterocycles. The van der Waals surface area contributed by atoms with Crippen molar-refractivity contribution in [2.24, 2.45) is 5.92 Å². The van der Waals surface area contributed by atoms with Crippen LogP contribution in [0.4, 0.5) is 4.79 Å². The van der Waals surface area contributed by atoms with Crippen LogP contribution >= 0.6 is 0 Å². The Morgan fingerprint density at radius 3 is 2.56 bits per heavy atom. The molecular formula is C30H40N2O7. The van der Waals surface area contributed by atoms with Crippen LogP contribution in [0, 0.1) is 5.92 Å². The molecule has 0 bridgehead atoms. The molecule has 39 heavy (non-hydrogen) atoms. The average Bonchev–Trinajstić information content (AvgIpc) is 3.70. The zero-order valence-corrected chi connectivity index (χ0v) is 22.6. The van der Waals surface area contributed by atoms with Gasteiger partial charge in [0.25, 0.3) is 0 Å². The number of carbonyl (C=O) groups is 1. The SMILES string of the molecule is COc1ccc(CN(CC(O)[C@H](Cc2ccccc2)NC(=O)OC2COC3OCCC23)OC2CCCC2)cc1. The van der Waals surface area contributed by atoms with E-state index in [1.807, 2.05) is 59.7 Å². The van der Waals surface area contributed by atoms with E-state index < -0.39 is 18.2 Å². The lowest BCUT2D eigenvalue weighted by Gasteiger charge is -2.31. The molecule has 5 atom stereocenters. The number of aliphatic hydroxyl groups excluding tert-OH is 1. The first kappa shape index (κ1) is 27.9. The van der Waals surface area contributed by atoms with E-state index in [-0.39, 0.29) is 31.0 Å². The van der Waals surface area contributed by atoms with Crippen molar-refractivity contribution in [2.45, 2.75) is 75.7 Å². The summed E-state index contributed by atoms with van der Waals surface area (Å²) in [5.41, 5.74) is 2.05. The number of nitrogens with one attached hydrogen (secondary N) is 1. The van der Waals surface area contributed by atoms with Gasteiger partial charge in [-0.05, 0) is 48.9 Å². The van der Waals surface area contributed by atoms with E-state index in [4.69, 9.17) is 23.8 Å². The number of alkyl carbamates (subject to hydrolysis) is 1. The first-order chi connectivity index (χ1) is 19.1. The van der Waals surface area contributed by atoms with E-state index in [9.17, 15) is 9.90 Å². The molecule has 3 aliphatic rings. The fourth-order valence-corrected chi connectivity index (χ4v) is 5.64. The molecule has 0 radical (unpaired) electrons. The Balaban J connectivity index is 1.26. The highest BCUT2D eigenvalue weighted by Gasteiger charge is 2.44. The van der Waals surface area contributed by atoms with E-state index >= 15 is 0 Å². The highest BCUT2D eigenvalue weighted by Crippen LogP contribution is 2.33. The Morgan fingerprint density at radius 2 is 1.82 bits per heavy atom. The number of fused-ring (bicyclic) bond motifs is 1. The highest BCUT2D eigenvalue weighted by atomic mass is 16.7. The van der Waals surface area contributed by atoms with Gasteiger partial charge in [0.05, 0.1) is 51.0 Å². The van der Waals surface area contributed by atoms with E-state index in [1.54, 1.807) is 7.11 Å². The van der Waals surface area contributed by atoms with E-state index in [0.29, 0.717) is 26.2 Å². The Labute approximate surface area is 230 Å². The topological polar surface area (TPSA) is 98.7 Å². The van der Waals surface area contributed by atoms with Crippen LogP contribution in [-0.2, 0) is 32.0 Å². The first-order valence-electron chi connectivity index (χ1n) is 14.0. The standard InChI is InChI=1S/C30H40N2O7/c1-35-23-13-11-22(12-14-23)18-32(39-24-9-5-6-10-24)19-27(33)26(17-21-7-3-2-4-8-21)31-30(34)38-28-20-37-29-25(28)15-16-36-29/h2-4,7-8,11-14,24-29,33H,5-6,9-10,15-20H2,1H3,(H,31,34)/t25?,26-,27?,28?,29?/m0/s1. The number of nitrogens with zero attached hydrogens (tertiary/aromatic N) is 1. The number of aliphatic hydroxyl groups is 1. The Bertz CT molecular complexity index is 1030. The van der Waals surface area contributed by atoms with Crippen molar-refractivity contribution in [1.29, 1.82) is 0 Å². The molecule has 9 heteroatoms. The molecule has 212 valence electrons. The maximum absolute atomic E-state index is 13.0. The van der Waals surface area contributed by atoms with Crippen LogP contribution in [0.1, 0.15) is 43.2 Å². The van der Waals surface area contributed by atoms with Crippen LogP contribution in [0.3, 0.4) is 0 Å². The number of hydrogen-bond donors (Lipinski definition) is 2. The minimum absolute atomic E-state index is 0.0491. The van der Waals surface area contributed by atoms with Crippen LogP contribution in [0.15, 0.2) is 54.6 Å². The molecular weight excluding hydrogens is 500 g/mol. The van der Waals surface area contributed by atoms with Gasteiger partial charge in [-0.15, -0.1) is 0 Å². The molecule has 2 N–H and O–H groups in total. The maximum atomic E-state index is 13.0. The number of hydrogen-bond acceptors (Lipinski definition) is 8. The Kier molecular flexibility index (Phi) is 9.71. The van der Waals surface area contributed by atoms with Crippen LogP contribution < -0.4 is 10.1 Å². The van der Waals surface area contributed by atoms with Gasteiger partial charge in [0.1, 0.15) is 11.9 Å². The van der Waals surface area contributed by atoms with Crippen molar-refractivity contribution < 1.29 is 33.7 Å². The fraction of sp³-hybridized carbons (Fsp3) is 0.567. The van der Waals surface area contributed by atoms with Crippen molar-refractivity contribution in [2.75, 3.05) is 26.9 Å². The summed E-state index contributed by atoms with van der Waals surface area (Å²) in [6, 6.07) is 17.1. The molecule has 1 saturated carbocycles. The minimum Gasteiger partial charge on any atom is -0.497 e. The largest absolute Gasteiger partial charge is 0.497 e. The lowest BCUT2D eigenvalue weighted by Crippen LogP contribution is -2.50. The summed E-state index contributed by atoms with van der Waals surface area (Å²) < 4.78 is 22.2. The molecule has 9 nitrogen and oxygen atoms in total. The highest BCUT2D eigenvalue weighted by molar-refractivity contribution is 5.68. The Hall–Kier alpha value is -2.69. The average molecular weight is 541 g/mol. The third kappa shape index (κ3) is 7.70. The summed E-state index contributed by atoms with van der Waals surface area (Å²) in [5, 5.41) is 16.3. The van der Waals surface area contributed by atoms with Crippen molar-refractivity contribution in [3.8, 4) is 5.75 Å². The molecule has 2 heterocycles. The van der Waals surface area contributed by atoms with Crippen molar-refractivity contribution in [3.63, 3.8) is 0 Å². The van der Waals surface area contributed by atoms with Gasteiger partial charge in [0.2, 0.25) is 0 Å². The van der Waals surface area contributed by atoms with Gasteiger partial charge in [-0.3, -0.25) is 4.84 Å². The third-order valence-corrected chi connectivity index (χ3v) is 7.82. The summed E-state index contributed by atoms with van der Waals surface area (Å²) in [7, 11) is 1.64. The van der Waals surface area contributed by atoms with Gasteiger partial charge in [0.15, 0.2) is 6.29 Å². The second-order valence-electron chi connectivity index (χ2n) is 10.7. The number of hydroxylamine groups is 2. The molecule has 2 aromatic rings. The summed E-state index contributed by atoms with van der Waals surface area (Å²) in [4.78, 5) is 19.4. The van der Waals surface area contributed by atoms with Crippen LogP contribution in [-0.4, -0.2) is 73.8 Å². The smallest absolute Gasteiger partial charge is 0.407 e. The molecule has 0 aromatic heterocycles. The molecule has 3 fully saturated rings. The van der Waals surface area contributed by atoms with Gasteiger partial charge in [-0.25, -0.2) is 4.79 Å². The zero-order valence-electron chi connectivity index (χ0n) is 22.6. The van der Waals surface area contributed by atoms with Crippen molar-refractivity contribution >= 4 is 6.09 Å². The van der Waals surface area contributed by atoms with Crippen molar-refractivity contribution in [1.82, 2.24) is 10.4 Å². The molecule has 1 aliphatic carbocycles. The third-order valence-electron chi connectivity index (χ3n) is 7.82. The number of amides is 1. The zero-order chi connectivity index (χ0) is 27.0. The molecule has 2 saturated heterocycles. The molecule has 0 spiro atoms. The number of ether oxygens (including phenoxy) is 4. The van der Waals surface area contributed by atoms with E-state index in [0.717, 1.165) is 49.0 Å². The monoisotopic (exact) mass is 540 g/mol. The van der Waals surface area contributed by atoms with Gasteiger partial charge in [-0.2, -0.15) is 5.06 Å². The first-order valence-corrected chi connectivity index (χ1v) is 14.0. The molecule has 2 aromatic carbocycles. The van der Waals surface area contributed by atoms with Gasteiger partial charge >= 0.3 is 6.09 Å². The summed E-state index contributed by atoms with van der Waals surface area (Å²) >= 11 is 0. The molecule has 1 amide bonds.